The maximum atomic E-state index is 12.1. The Morgan fingerprint density at radius 1 is 1.47 bits per heavy atom. The molecule has 0 amide bonds. The molecular weight excluding hydrogens is 272 g/mol. The average Bonchev–Trinajstić information content (AvgIpc) is 3.04. The van der Waals surface area contributed by atoms with Crippen molar-refractivity contribution in [2.75, 3.05) is 0 Å². The molecule has 2 bridgehead atoms. The first-order valence-corrected chi connectivity index (χ1v) is 7.53. The zero-order chi connectivity index (χ0) is 13.6. The molecule has 1 aromatic heterocycles. The van der Waals surface area contributed by atoms with Gasteiger partial charge >= 0.3 is 5.97 Å². The Bertz CT molecular complexity index is 608. The summed E-state index contributed by atoms with van der Waals surface area (Å²) in [5.41, 5.74) is -0.149. The van der Waals surface area contributed by atoms with Gasteiger partial charge in [-0.3, -0.25) is 0 Å². The Kier molecular flexibility index (Phi) is 2.88. The lowest BCUT2D eigenvalue weighted by atomic mass is 9.96. The number of fused-ring (bicyclic) bond motifs is 2. The van der Waals surface area contributed by atoms with Gasteiger partial charge in [0.05, 0.1) is 18.2 Å². The summed E-state index contributed by atoms with van der Waals surface area (Å²) in [5.74, 6) is -1.19. The van der Waals surface area contributed by atoms with Gasteiger partial charge < -0.3 is 14.8 Å². The Labute approximate surface area is 110 Å². The molecular formula is C11H14N2O5S. The maximum absolute atomic E-state index is 12.1. The van der Waals surface area contributed by atoms with Crippen LogP contribution >= 0.6 is 0 Å². The van der Waals surface area contributed by atoms with E-state index in [9.17, 15) is 13.2 Å². The van der Waals surface area contributed by atoms with Gasteiger partial charge in [0.25, 0.3) is 0 Å². The minimum Gasteiger partial charge on any atom is -0.477 e. The summed E-state index contributed by atoms with van der Waals surface area (Å²) in [4.78, 5) is 13.1. The van der Waals surface area contributed by atoms with E-state index in [4.69, 9.17) is 9.84 Å². The number of nitrogens with one attached hydrogen (secondary N) is 2. The first-order chi connectivity index (χ1) is 8.95. The highest BCUT2D eigenvalue weighted by Gasteiger charge is 2.42. The van der Waals surface area contributed by atoms with Crippen molar-refractivity contribution in [3.63, 3.8) is 0 Å². The van der Waals surface area contributed by atoms with Crippen LogP contribution in [0.5, 0.6) is 0 Å². The quantitative estimate of drug-likeness (QED) is 0.738. The van der Waals surface area contributed by atoms with Gasteiger partial charge in [-0.05, 0) is 25.3 Å². The van der Waals surface area contributed by atoms with Gasteiger partial charge in [0, 0.05) is 6.20 Å². The Morgan fingerprint density at radius 2 is 2.26 bits per heavy atom. The SMILES string of the molecule is O=C(O)c1cc(S(=O)(=O)NC2CC3CCC2O3)c[nH]1. The molecule has 0 aromatic carbocycles. The molecule has 3 unspecified atom stereocenters. The van der Waals surface area contributed by atoms with Gasteiger partial charge in [0.15, 0.2) is 0 Å². The first-order valence-electron chi connectivity index (χ1n) is 6.05. The molecule has 2 saturated heterocycles. The normalized spacial score (nSPS) is 29.8. The summed E-state index contributed by atoms with van der Waals surface area (Å²) in [5, 5.41) is 8.77. The third-order valence-corrected chi connectivity index (χ3v) is 5.08. The monoisotopic (exact) mass is 286 g/mol. The number of aromatic carboxylic acids is 1. The smallest absolute Gasteiger partial charge is 0.352 e. The number of hydrogen-bond donors (Lipinski definition) is 3. The van der Waals surface area contributed by atoms with E-state index in [1.807, 2.05) is 0 Å². The van der Waals surface area contributed by atoms with Crippen molar-refractivity contribution in [3.8, 4) is 0 Å². The van der Waals surface area contributed by atoms with Crippen LogP contribution in [0, 0.1) is 0 Å². The van der Waals surface area contributed by atoms with Gasteiger partial charge in [-0.1, -0.05) is 0 Å². The van der Waals surface area contributed by atoms with E-state index in [-0.39, 0.29) is 28.8 Å². The highest BCUT2D eigenvalue weighted by Crippen LogP contribution is 2.35. The summed E-state index contributed by atoms with van der Waals surface area (Å²) in [6, 6.07) is 0.894. The van der Waals surface area contributed by atoms with Crippen molar-refractivity contribution < 1.29 is 23.1 Å². The third kappa shape index (κ3) is 2.26. The van der Waals surface area contributed by atoms with E-state index in [0.29, 0.717) is 6.42 Å². The maximum Gasteiger partial charge on any atom is 0.352 e. The van der Waals surface area contributed by atoms with Gasteiger partial charge in [-0.2, -0.15) is 0 Å². The van der Waals surface area contributed by atoms with Gasteiger partial charge in [0.2, 0.25) is 10.0 Å². The average molecular weight is 286 g/mol. The number of sulfonamides is 1. The van der Waals surface area contributed by atoms with E-state index in [1.54, 1.807) is 0 Å². The predicted octanol–water partition coefficient (Wildman–Crippen LogP) is 0.311. The topological polar surface area (TPSA) is 108 Å². The summed E-state index contributed by atoms with van der Waals surface area (Å²) in [6.45, 7) is 0. The fourth-order valence-corrected chi connectivity index (χ4v) is 3.95. The van der Waals surface area contributed by atoms with Crippen molar-refractivity contribution in [3.05, 3.63) is 18.0 Å². The van der Waals surface area contributed by atoms with E-state index in [1.165, 1.54) is 6.20 Å². The molecule has 0 aliphatic carbocycles. The third-order valence-electron chi connectivity index (χ3n) is 3.61. The lowest BCUT2D eigenvalue weighted by Gasteiger charge is -2.19. The fraction of sp³-hybridized carbons (Fsp3) is 0.545. The van der Waals surface area contributed by atoms with Crippen LogP contribution in [-0.4, -0.2) is 42.7 Å². The number of carbonyl (C=O) groups is 1. The van der Waals surface area contributed by atoms with E-state index >= 15 is 0 Å². The number of H-pyrrole nitrogens is 1. The molecule has 8 heteroatoms. The summed E-state index contributed by atoms with van der Waals surface area (Å²) in [6.07, 6.45) is 3.80. The van der Waals surface area contributed by atoms with E-state index < -0.39 is 16.0 Å². The molecule has 1 aromatic rings. The van der Waals surface area contributed by atoms with E-state index in [0.717, 1.165) is 18.9 Å². The van der Waals surface area contributed by atoms with Crippen molar-refractivity contribution in [2.45, 2.75) is 42.4 Å². The molecule has 3 atom stereocenters. The van der Waals surface area contributed by atoms with Crippen LogP contribution in [0.15, 0.2) is 17.2 Å². The molecule has 2 aliphatic rings. The number of hydrogen-bond acceptors (Lipinski definition) is 4. The number of carboxylic acid groups (broad SMARTS) is 1. The summed E-state index contributed by atoms with van der Waals surface area (Å²) < 4.78 is 32.4. The number of aromatic nitrogens is 1. The second-order valence-corrected chi connectivity index (χ2v) is 6.61. The van der Waals surface area contributed by atoms with Crippen molar-refractivity contribution in [1.29, 1.82) is 0 Å². The summed E-state index contributed by atoms with van der Waals surface area (Å²) in [7, 11) is -3.70. The molecule has 0 spiro atoms. The van der Waals surface area contributed by atoms with Crippen molar-refractivity contribution >= 4 is 16.0 Å². The van der Waals surface area contributed by atoms with Crippen LogP contribution in [0.25, 0.3) is 0 Å². The summed E-state index contributed by atoms with van der Waals surface area (Å²) >= 11 is 0. The molecule has 0 radical (unpaired) electrons. The molecule has 104 valence electrons. The molecule has 19 heavy (non-hydrogen) atoms. The van der Waals surface area contributed by atoms with Gasteiger partial charge in [-0.25, -0.2) is 17.9 Å². The number of aromatic amines is 1. The van der Waals surface area contributed by atoms with Crippen molar-refractivity contribution in [1.82, 2.24) is 9.71 Å². The zero-order valence-corrected chi connectivity index (χ0v) is 10.8. The predicted molar refractivity (Wildman–Crippen MR) is 64.4 cm³/mol. The molecule has 2 aliphatic heterocycles. The minimum atomic E-state index is -3.70. The second kappa shape index (κ2) is 4.32. The van der Waals surface area contributed by atoms with Crippen LogP contribution in [0.4, 0.5) is 0 Å². The largest absolute Gasteiger partial charge is 0.477 e. The lowest BCUT2D eigenvalue weighted by molar-refractivity contribution is 0.0691. The molecule has 7 nitrogen and oxygen atoms in total. The first kappa shape index (κ1) is 12.6. The van der Waals surface area contributed by atoms with Crippen LogP contribution in [-0.2, 0) is 14.8 Å². The lowest BCUT2D eigenvalue weighted by Crippen LogP contribution is -2.41. The minimum absolute atomic E-state index is 0.0577. The number of rotatable bonds is 4. The molecule has 3 heterocycles. The van der Waals surface area contributed by atoms with Gasteiger partial charge in [-0.15, -0.1) is 0 Å². The Balaban J connectivity index is 1.77. The highest BCUT2D eigenvalue weighted by molar-refractivity contribution is 7.89. The van der Waals surface area contributed by atoms with Crippen molar-refractivity contribution in [2.24, 2.45) is 0 Å². The van der Waals surface area contributed by atoms with Crippen LogP contribution in [0.3, 0.4) is 0 Å². The molecule has 3 N–H and O–H groups in total. The molecule has 3 rings (SSSR count). The van der Waals surface area contributed by atoms with Crippen LogP contribution in [0.1, 0.15) is 29.8 Å². The zero-order valence-electron chi connectivity index (χ0n) is 10.00. The standard InChI is InChI=1S/C11H14N2O5S/c14-11(15)9-4-7(5-12-9)19(16,17)13-8-3-6-1-2-10(8)18-6/h4-6,8,10,12-13H,1-3H2,(H,14,15). The Hall–Kier alpha value is -1.38. The number of carboxylic acids is 1. The molecule has 0 saturated carbocycles. The van der Waals surface area contributed by atoms with Crippen LogP contribution < -0.4 is 4.72 Å². The highest BCUT2D eigenvalue weighted by atomic mass is 32.2. The number of ether oxygens (including phenoxy) is 1. The Morgan fingerprint density at radius 3 is 2.79 bits per heavy atom. The van der Waals surface area contributed by atoms with E-state index in [2.05, 4.69) is 9.71 Å². The van der Waals surface area contributed by atoms with Crippen LogP contribution in [0.2, 0.25) is 0 Å². The fourth-order valence-electron chi connectivity index (χ4n) is 2.68. The molecule has 2 fully saturated rings. The van der Waals surface area contributed by atoms with Gasteiger partial charge in [0.1, 0.15) is 10.6 Å². The second-order valence-electron chi connectivity index (χ2n) is 4.89.